The van der Waals surface area contributed by atoms with Crippen molar-refractivity contribution in [2.24, 2.45) is 5.92 Å². The van der Waals surface area contributed by atoms with Gasteiger partial charge in [0.15, 0.2) is 0 Å². The van der Waals surface area contributed by atoms with Crippen LogP contribution in [-0.2, 0) is 23.9 Å². The summed E-state index contributed by atoms with van der Waals surface area (Å²) < 4.78 is 9.59. The zero-order valence-electron chi connectivity index (χ0n) is 15.5. The standard InChI is InChI=1S/C17H20N2O9/c1-4-27-16(21)13(10(3)20)14(15(19(25)26)17(22)28-5-2)11-7-6-8-12(9-11)18(23)24/h6-9,13-14H,4-5H2,1-3H3,(H,25,26). The first-order valence-electron chi connectivity index (χ1n) is 8.27. The Hall–Kier alpha value is -3.50. The van der Waals surface area contributed by atoms with E-state index in [9.17, 15) is 34.9 Å². The van der Waals surface area contributed by atoms with Crippen LogP contribution in [0.2, 0.25) is 0 Å². The van der Waals surface area contributed by atoms with Crippen LogP contribution in [0.1, 0.15) is 32.3 Å². The summed E-state index contributed by atoms with van der Waals surface area (Å²) in [5.41, 5.74) is -1.48. The zero-order chi connectivity index (χ0) is 21.4. The van der Waals surface area contributed by atoms with E-state index in [0.29, 0.717) is 0 Å². The van der Waals surface area contributed by atoms with E-state index in [1.54, 1.807) is 0 Å². The van der Waals surface area contributed by atoms with Gasteiger partial charge in [0.05, 0.1) is 18.1 Å². The van der Waals surface area contributed by atoms with E-state index in [2.05, 4.69) is 0 Å². The van der Waals surface area contributed by atoms with Gasteiger partial charge in [-0.05, 0) is 26.3 Å². The smallest absolute Gasteiger partial charge is 0.405 e. The second kappa shape index (κ2) is 10.00. The summed E-state index contributed by atoms with van der Waals surface area (Å²) >= 11 is 0. The maximum absolute atomic E-state index is 12.4. The van der Waals surface area contributed by atoms with Crippen molar-refractivity contribution in [3.8, 4) is 0 Å². The summed E-state index contributed by atoms with van der Waals surface area (Å²) in [6, 6.07) is 4.65. The molecule has 0 heterocycles. The van der Waals surface area contributed by atoms with Gasteiger partial charge < -0.3 is 14.7 Å². The number of carbonyl (C=O) groups excluding carboxylic acids is 3. The molecule has 1 aromatic carbocycles. The Morgan fingerprint density at radius 3 is 2.21 bits per heavy atom. The predicted octanol–water partition coefficient (Wildman–Crippen LogP) is 1.35. The highest BCUT2D eigenvalue weighted by Crippen LogP contribution is 2.31. The Bertz CT molecular complexity index is 800. The summed E-state index contributed by atoms with van der Waals surface area (Å²) in [6.45, 7) is 3.69. The summed E-state index contributed by atoms with van der Waals surface area (Å²) in [5, 5.41) is 32.3. The van der Waals surface area contributed by atoms with E-state index in [1.807, 2.05) is 0 Å². The molecule has 0 radical (unpaired) electrons. The number of rotatable bonds is 9. The molecule has 28 heavy (non-hydrogen) atoms. The van der Waals surface area contributed by atoms with Gasteiger partial charge in [-0.15, -0.1) is 0 Å². The lowest BCUT2D eigenvalue weighted by atomic mass is 9.80. The zero-order valence-corrected chi connectivity index (χ0v) is 15.5. The quantitative estimate of drug-likeness (QED) is 0.124. The minimum Gasteiger partial charge on any atom is -0.465 e. The van der Waals surface area contributed by atoms with E-state index in [1.165, 1.54) is 26.0 Å². The van der Waals surface area contributed by atoms with Gasteiger partial charge in [-0.1, -0.05) is 12.1 Å². The lowest BCUT2D eigenvalue weighted by Gasteiger charge is -2.22. The van der Waals surface area contributed by atoms with Gasteiger partial charge in [-0.3, -0.25) is 24.9 Å². The third kappa shape index (κ3) is 5.25. The third-order valence-electron chi connectivity index (χ3n) is 3.74. The van der Waals surface area contributed by atoms with Crippen LogP contribution in [0.15, 0.2) is 24.3 Å². The number of Topliss-reactive ketones (excluding diaryl/α,β-unsaturated/α-hetero) is 1. The number of esters is 2. The highest BCUT2D eigenvalue weighted by molar-refractivity contribution is 6.37. The number of carbonyl (C=O) groups is 3. The Balaban J connectivity index is 3.75. The fourth-order valence-corrected chi connectivity index (χ4v) is 2.64. The van der Waals surface area contributed by atoms with Crippen LogP contribution in [0.3, 0.4) is 0 Å². The highest BCUT2D eigenvalue weighted by Gasteiger charge is 2.47. The van der Waals surface area contributed by atoms with Crippen LogP contribution in [0.4, 0.5) is 5.69 Å². The van der Waals surface area contributed by atoms with E-state index in [4.69, 9.17) is 9.47 Å². The lowest BCUT2D eigenvalue weighted by molar-refractivity contribution is -0.726. The van der Waals surface area contributed by atoms with Crippen molar-refractivity contribution in [2.45, 2.75) is 26.7 Å². The largest absolute Gasteiger partial charge is 0.465 e. The second-order valence-corrected chi connectivity index (χ2v) is 5.55. The summed E-state index contributed by atoms with van der Waals surface area (Å²) in [4.78, 5) is 46.4. The Morgan fingerprint density at radius 2 is 1.75 bits per heavy atom. The van der Waals surface area contributed by atoms with E-state index in [-0.39, 0.29) is 18.8 Å². The Kier molecular flexibility index (Phi) is 8.05. The minimum absolute atomic E-state index is 0.0968. The molecule has 152 valence electrons. The van der Waals surface area contributed by atoms with Crippen LogP contribution >= 0.6 is 0 Å². The highest BCUT2D eigenvalue weighted by atomic mass is 16.8. The summed E-state index contributed by atoms with van der Waals surface area (Å²) in [5.74, 6) is -6.51. The van der Waals surface area contributed by atoms with Crippen molar-refractivity contribution in [1.82, 2.24) is 0 Å². The molecule has 0 aliphatic carbocycles. The monoisotopic (exact) mass is 396 g/mol. The van der Waals surface area contributed by atoms with Gasteiger partial charge in [0.2, 0.25) is 0 Å². The first-order valence-corrected chi connectivity index (χ1v) is 8.27. The molecular formula is C17H20N2O9. The molecule has 0 fully saturated rings. The first-order chi connectivity index (χ1) is 13.1. The van der Waals surface area contributed by atoms with Crippen LogP contribution in [0, 0.1) is 21.2 Å². The summed E-state index contributed by atoms with van der Waals surface area (Å²) in [7, 11) is 0. The SMILES string of the molecule is CCOC(=O)/C(C(c1cccc([N+](=O)[O-])c1)C(C(C)=O)C(=O)OCC)=[N+](\[O-])O. The number of hydrogen-bond acceptors (Lipinski definition) is 9. The van der Waals surface area contributed by atoms with Crippen LogP contribution in [-0.4, -0.2) is 51.7 Å². The molecule has 0 amide bonds. The molecule has 2 unspecified atom stereocenters. The molecule has 2 atom stereocenters. The average Bonchev–Trinajstić information content (AvgIpc) is 2.61. The van der Waals surface area contributed by atoms with E-state index in [0.717, 1.165) is 19.1 Å². The predicted molar refractivity (Wildman–Crippen MR) is 93.7 cm³/mol. The Morgan fingerprint density at radius 1 is 1.14 bits per heavy atom. The minimum atomic E-state index is -1.72. The van der Waals surface area contributed by atoms with Crippen molar-refractivity contribution in [2.75, 3.05) is 13.2 Å². The lowest BCUT2D eigenvalue weighted by Crippen LogP contribution is -2.41. The van der Waals surface area contributed by atoms with Crippen molar-refractivity contribution in [3.63, 3.8) is 0 Å². The topological polar surface area (TPSA) is 159 Å². The maximum atomic E-state index is 12.4. The molecule has 1 N–H and O–H groups in total. The normalized spacial score (nSPS) is 13.7. The fourth-order valence-electron chi connectivity index (χ4n) is 2.64. The molecule has 1 aromatic rings. The van der Waals surface area contributed by atoms with Gasteiger partial charge in [0.25, 0.3) is 5.69 Å². The molecule has 11 nitrogen and oxygen atoms in total. The van der Waals surface area contributed by atoms with Gasteiger partial charge in [-0.25, -0.2) is 4.79 Å². The third-order valence-corrected chi connectivity index (χ3v) is 3.74. The second-order valence-electron chi connectivity index (χ2n) is 5.55. The number of benzene rings is 1. The van der Waals surface area contributed by atoms with Crippen LogP contribution in [0.5, 0.6) is 0 Å². The number of ketones is 1. The van der Waals surface area contributed by atoms with Crippen molar-refractivity contribution in [1.29, 1.82) is 0 Å². The molecule has 0 aromatic heterocycles. The molecule has 0 saturated carbocycles. The van der Waals surface area contributed by atoms with Gasteiger partial charge in [0, 0.05) is 17.0 Å². The Labute approximate surface area is 159 Å². The van der Waals surface area contributed by atoms with Gasteiger partial charge in [0.1, 0.15) is 17.6 Å². The first kappa shape index (κ1) is 22.5. The van der Waals surface area contributed by atoms with Crippen molar-refractivity contribution in [3.05, 3.63) is 45.2 Å². The average molecular weight is 396 g/mol. The number of hydrogen-bond donors (Lipinski definition) is 1. The van der Waals surface area contributed by atoms with E-state index >= 15 is 0 Å². The molecule has 0 aliphatic heterocycles. The van der Waals surface area contributed by atoms with Gasteiger partial charge >= 0.3 is 17.7 Å². The number of nitro groups is 1. The molecule has 11 heteroatoms. The molecule has 0 aliphatic rings. The molecule has 0 bridgehead atoms. The number of non-ortho nitro benzene ring substituents is 1. The summed E-state index contributed by atoms with van der Waals surface area (Å²) in [6.07, 6.45) is 0. The number of ether oxygens (including phenoxy) is 2. The van der Waals surface area contributed by atoms with E-state index < -0.39 is 50.8 Å². The molecular weight excluding hydrogens is 376 g/mol. The van der Waals surface area contributed by atoms with Crippen molar-refractivity contribution < 1.29 is 38.9 Å². The molecule has 0 spiro atoms. The fraction of sp³-hybridized carbons (Fsp3) is 0.412. The number of nitro benzene ring substituents is 1. The van der Waals surface area contributed by atoms with Crippen LogP contribution in [0.25, 0.3) is 0 Å². The maximum Gasteiger partial charge on any atom is 0.405 e. The molecule has 1 rings (SSSR count). The molecule has 0 saturated heterocycles. The van der Waals surface area contributed by atoms with Gasteiger partial charge in [-0.2, -0.15) is 0 Å². The van der Waals surface area contributed by atoms with Crippen LogP contribution < -0.4 is 0 Å². The number of nitrogens with zero attached hydrogens (tertiary/aromatic N) is 2. The van der Waals surface area contributed by atoms with Crippen molar-refractivity contribution >= 4 is 29.1 Å².